The van der Waals surface area contributed by atoms with Crippen molar-refractivity contribution in [3.63, 3.8) is 0 Å². The van der Waals surface area contributed by atoms with Crippen LogP contribution in [-0.4, -0.2) is 18.5 Å². The van der Waals surface area contributed by atoms with Gasteiger partial charge in [0.1, 0.15) is 6.04 Å². The van der Waals surface area contributed by atoms with Crippen LogP contribution in [0.2, 0.25) is 0 Å². The first kappa shape index (κ1) is 6.95. The van der Waals surface area contributed by atoms with Gasteiger partial charge in [0, 0.05) is 6.54 Å². The molecular formula is C10H10N2O. The number of nitrogens with zero attached hydrogens (tertiary/aromatic N) is 1. The molecule has 66 valence electrons. The Bertz CT molecular complexity index is 375. The average Bonchev–Trinajstić information content (AvgIpc) is 2.04. The fourth-order valence-corrected chi connectivity index (χ4v) is 1.99. The first-order valence-electron chi connectivity index (χ1n) is 4.53. The van der Waals surface area contributed by atoms with E-state index in [1.165, 1.54) is 5.69 Å². The molecule has 1 amide bonds. The fraction of sp³-hybridized carbons (Fsp3) is 0.300. The largest absolute Gasteiger partial charge is 0.358 e. The molecule has 2 aliphatic heterocycles. The molecule has 3 rings (SSSR count). The highest BCUT2D eigenvalue weighted by atomic mass is 16.2. The zero-order valence-corrected chi connectivity index (χ0v) is 7.16. The molecule has 0 aliphatic carbocycles. The van der Waals surface area contributed by atoms with Crippen LogP contribution >= 0.6 is 0 Å². The second-order valence-corrected chi connectivity index (χ2v) is 3.50. The lowest BCUT2D eigenvalue weighted by atomic mass is 9.97. The summed E-state index contributed by atoms with van der Waals surface area (Å²) in [6, 6.07) is 8.04. The SMILES string of the molecule is O=C1Nc2ccccc2N2CCC12. The van der Waals surface area contributed by atoms with Crippen molar-refractivity contribution in [1.29, 1.82) is 0 Å². The van der Waals surface area contributed by atoms with Gasteiger partial charge in [0.05, 0.1) is 11.4 Å². The van der Waals surface area contributed by atoms with Crippen LogP contribution < -0.4 is 10.2 Å². The summed E-state index contributed by atoms with van der Waals surface area (Å²) in [5.41, 5.74) is 2.11. The van der Waals surface area contributed by atoms with Crippen molar-refractivity contribution < 1.29 is 4.79 Å². The lowest BCUT2D eigenvalue weighted by Crippen LogP contribution is -2.57. The molecule has 0 aromatic heterocycles. The van der Waals surface area contributed by atoms with E-state index in [9.17, 15) is 4.79 Å². The van der Waals surface area contributed by atoms with Crippen LogP contribution in [0.4, 0.5) is 11.4 Å². The molecule has 2 heterocycles. The molecule has 0 spiro atoms. The van der Waals surface area contributed by atoms with Crippen molar-refractivity contribution in [1.82, 2.24) is 0 Å². The smallest absolute Gasteiger partial charge is 0.247 e. The number of para-hydroxylation sites is 2. The lowest BCUT2D eigenvalue weighted by Gasteiger charge is -2.45. The van der Waals surface area contributed by atoms with E-state index in [0.717, 1.165) is 18.7 Å². The Labute approximate surface area is 76.4 Å². The third kappa shape index (κ3) is 0.813. The van der Waals surface area contributed by atoms with Crippen molar-refractivity contribution in [3.05, 3.63) is 24.3 Å². The van der Waals surface area contributed by atoms with Gasteiger partial charge in [0.2, 0.25) is 5.91 Å². The minimum Gasteiger partial charge on any atom is -0.358 e. The number of anilines is 2. The number of fused-ring (bicyclic) bond motifs is 3. The van der Waals surface area contributed by atoms with E-state index in [-0.39, 0.29) is 11.9 Å². The molecule has 3 heteroatoms. The van der Waals surface area contributed by atoms with Gasteiger partial charge in [-0.15, -0.1) is 0 Å². The minimum atomic E-state index is 0.0925. The maximum atomic E-state index is 11.5. The first-order chi connectivity index (χ1) is 6.36. The number of carbonyl (C=O) groups is 1. The Morgan fingerprint density at radius 3 is 3.00 bits per heavy atom. The fourth-order valence-electron chi connectivity index (χ4n) is 1.99. The van der Waals surface area contributed by atoms with Crippen LogP contribution in [0.15, 0.2) is 24.3 Å². The molecule has 1 aromatic carbocycles. The predicted octanol–water partition coefficient (Wildman–Crippen LogP) is 1.22. The van der Waals surface area contributed by atoms with Crippen LogP contribution in [0.3, 0.4) is 0 Å². The van der Waals surface area contributed by atoms with Crippen molar-refractivity contribution >= 4 is 17.3 Å². The van der Waals surface area contributed by atoms with Gasteiger partial charge in [-0.1, -0.05) is 12.1 Å². The molecule has 3 nitrogen and oxygen atoms in total. The third-order valence-corrected chi connectivity index (χ3v) is 2.79. The van der Waals surface area contributed by atoms with Crippen LogP contribution in [0.25, 0.3) is 0 Å². The van der Waals surface area contributed by atoms with Crippen LogP contribution in [0.1, 0.15) is 6.42 Å². The predicted molar refractivity (Wildman–Crippen MR) is 50.8 cm³/mol. The molecular weight excluding hydrogens is 164 g/mol. The van der Waals surface area contributed by atoms with E-state index >= 15 is 0 Å². The first-order valence-corrected chi connectivity index (χ1v) is 4.53. The zero-order chi connectivity index (χ0) is 8.84. The van der Waals surface area contributed by atoms with Crippen LogP contribution in [-0.2, 0) is 4.79 Å². The normalized spacial score (nSPS) is 24.2. The van der Waals surface area contributed by atoms with Gasteiger partial charge in [0.15, 0.2) is 0 Å². The molecule has 1 aromatic rings. The molecule has 1 saturated heterocycles. The number of hydrogen-bond acceptors (Lipinski definition) is 2. The quantitative estimate of drug-likeness (QED) is 0.641. The highest BCUT2D eigenvalue weighted by Gasteiger charge is 2.38. The van der Waals surface area contributed by atoms with E-state index in [1.807, 2.05) is 18.2 Å². The summed E-state index contributed by atoms with van der Waals surface area (Å²) < 4.78 is 0. The van der Waals surface area contributed by atoms with Gasteiger partial charge >= 0.3 is 0 Å². The average molecular weight is 174 g/mol. The summed E-state index contributed by atoms with van der Waals surface area (Å²) in [4.78, 5) is 13.6. The van der Waals surface area contributed by atoms with Crippen molar-refractivity contribution in [3.8, 4) is 0 Å². The molecule has 1 N–H and O–H groups in total. The number of carbonyl (C=O) groups excluding carboxylic acids is 1. The molecule has 2 aliphatic rings. The van der Waals surface area contributed by atoms with Crippen molar-refractivity contribution in [2.45, 2.75) is 12.5 Å². The summed E-state index contributed by atoms with van der Waals surface area (Å²) in [5.74, 6) is 0.143. The standard InChI is InChI=1S/C10H10N2O/c13-10-9-5-6-12(9)8-4-2-1-3-7(8)11-10/h1-4,9H,5-6H2,(H,11,13). The third-order valence-electron chi connectivity index (χ3n) is 2.79. The summed E-state index contributed by atoms with van der Waals surface area (Å²) in [6.45, 7) is 1.01. The van der Waals surface area contributed by atoms with Crippen molar-refractivity contribution in [2.75, 3.05) is 16.8 Å². The zero-order valence-electron chi connectivity index (χ0n) is 7.16. The molecule has 0 radical (unpaired) electrons. The highest BCUT2D eigenvalue weighted by Crippen LogP contribution is 2.36. The molecule has 0 saturated carbocycles. The van der Waals surface area contributed by atoms with Gasteiger partial charge in [-0.2, -0.15) is 0 Å². The summed E-state index contributed by atoms with van der Waals surface area (Å²) in [6.07, 6.45) is 0.986. The summed E-state index contributed by atoms with van der Waals surface area (Å²) in [5, 5.41) is 2.91. The van der Waals surface area contributed by atoms with Crippen LogP contribution in [0, 0.1) is 0 Å². The van der Waals surface area contributed by atoms with E-state index in [4.69, 9.17) is 0 Å². The molecule has 1 fully saturated rings. The maximum absolute atomic E-state index is 11.5. The van der Waals surface area contributed by atoms with Gasteiger partial charge < -0.3 is 10.2 Å². The number of amides is 1. The molecule has 1 atom stereocenters. The Hall–Kier alpha value is -1.51. The summed E-state index contributed by atoms with van der Waals surface area (Å²) in [7, 11) is 0. The van der Waals surface area contributed by atoms with Gasteiger partial charge in [0.25, 0.3) is 0 Å². The Kier molecular flexibility index (Phi) is 1.20. The monoisotopic (exact) mass is 174 g/mol. The van der Waals surface area contributed by atoms with E-state index in [2.05, 4.69) is 16.3 Å². The second kappa shape index (κ2) is 2.25. The highest BCUT2D eigenvalue weighted by molar-refractivity contribution is 6.04. The number of hydrogen-bond donors (Lipinski definition) is 1. The molecule has 0 bridgehead atoms. The van der Waals surface area contributed by atoms with E-state index in [0.29, 0.717) is 0 Å². The van der Waals surface area contributed by atoms with E-state index in [1.54, 1.807) is 0 Å². The van der Waals surface area contributed by atoms with Gasteiger partial charge in [-0.3, -0.25) is 4.79 Å². The minimum absolute atomic E-state index is 0.0925. The second-order valence-electron chi connectivity index (χ2n) is 3.50. The van der Waals surface area contributed by atoms with Gasteiger partial charge in [-0.25, -0.2) is 0 Å². The molecule has 13 heavy (non-hydrogen) atoms. The Balaban J connectivity index is 2.12. The number of nitrogens with one attached hydrogen (secondary N) is 1. The topological polar surface area (TPSA) is 32.3 Å². The van der Waals surface area contributed by atoms with Crippen molar-refractivity contribution in [2.24, 2.45) is 0 Å². The van der Waals surface area contributed by atoms with E-state index < -0.39 is 0 Å². The number of benzene rings is 1. The Morgan fingerprint density at radius 1 is 1.38 bits per heavy atom. The maximum Gasteiger partial charge on any atom is 0.247 e. The van der Waals surface area contributed by atoms with Gasteiger partial charge in [-0.05, 0) is 18.6 Å². The summed E-state index contributed by atoms with van der Waals surface area (Å²) >= 11 is 0. The number of rotatable bonds is 0. The Morgan fingerprint density at radius 2 is 2.23 bits per heavy atom. The van der Waals surface area contributed by atoms with Crippen LogP contribution in [0.5, 0.6) is 0 Å². The lowest BCUT2D eigenvalue weighted by molar-refractivity contribution is -0.118. The molecule has 1 unspecified atom stereocenters.